The molecule has 0 aromatic carbocycles. The quantitative estimate of drug-likeness (QED) is 0.585. The molecule has 0 bridgehead atoms. The molecule has 0 aromatic rings. The summed E-state index contributed by atoms with van der Waals surface area (Å²) in [5.41, 5.74) is 1.38. The third kappa shape index (κ3) is 27.1. The standard InChI is InChI=1S/C5H10.2ClH.In.H/c1-4-5(2)3;;;;/h4H,1-3H3;2*1H;;/q;;;+2;/p-2. The second-order valence-corrected chi connectivity index (χ2v) is 7.46. The van der Waals surface area contributed by atoms with Crippen molar-refractivity contribution in [2.24, 2.45) is 0 Å². The van der Waals surface area contributed by atoms with Gasteiger partial charge in [0.05, 0.1) is 0 Å². The van der Waals surface area contributed by atoms with Crippen LogP contribution >= 0.6 is 17.2 Å². The topological polar surface area (TPSA) is 0 Å². The van der Waals surface area contributed by atoms with Gasteiger partial charge in [-0.25, -0.2) is 0 Å². The number of rotatable bonds is 0. The van der Waals surface area contributed by atoms with Crippen LogP contribution in [0, 0.1) is 0 Å². The second-order valence-electron chi connectivity index (χ2n) is 1.47. The van der Waals surface area contributed by atoms with E-state index in [0.717, 1.165) is 0 Å². The van der Waals surface area contributed by atoms with E-state index in [2.05, 4.69) is 19.9 Å². The molecular weight excluding hydrogens is 246 g/mol. The fraction of sp³-hybridized carbons (Fsp3) is 0.600. The van der Waals surface area contributed by atoms with Crippen LogP contribution in [-0.4, -0.2) is 20.5 Å². The van der Waals surface area contributed by atoms with Gasteiger partial charge < -0.3 is 0 Å². The molecule has 0 saturated carbocycles. The Morgan fingerprint density at radius 3 is 1.50 bits per heavy atom. The van der Waals surface area contributed by atoms with E-state index < -0.39 is 20.5 Å². The first-order valence-electron chi connectivity index (χ1n) is 2.40. The molecule has 8 heavy (non-hydrogen) atoms. The van der Waals surface area contributed by atoms with E-state index in [1.807, 2.05) is 6.92 Å². The van der Waals surface area contributed by atoms with Crippen molar-refractivity contribution in [1.82, 2.24) is 0 Å². The molecule has 0 aliphatic rings. The zero-order chi connectivity index (χ0) is 6.99. The Bertz CT molecular complexity index is 57.4. The molecule has 0 saturated heterocycles. The van der Waals surface area contributed by atoms with Gasteiger partial charge in [-0.3, -0.25) is 0 Å². The van der Waals surface area contributed by atoms with Gasteiger partial charge in [-0.15, -0.1) is 0 Å². The summed E-state index contributed by atoms with van der Waals surface area (Å²) >= 11 is -1.07. The van der Waals surface area contributed by atoms with Crippen molar-refractivity contribution in [3.05, 3.63) is 11.6 Å². The van der Waals surface area contributed by atoms with Crippen molar-refractivity contribution in [2.75, 3.05) is 0 Å². The van der Waals surface area contributed by atoms with Crippen molar-refractivity contribution in [3.8, 4) is 0 Å². The monoisotopic (exact) mass is 256 g/mol. The van der Waals surface area contributed by atoms with Crippen molar-refractivity contribution in [1.29, 1.82) is 0 Å². The van der Waals surface area contributed by atoms with Gasteiger partial charge in [-0.2, -0.15) is 0 Å². The van der Waals surface area contributed by atoms with Crippen LogP contribution in [0.2, 0.25) is 0 Å². The molecule has 0 atom stereocenters. The van der Waals surface area contributed by atoms with Gasteiger partial charge in [0.25, 0.3) is 0 Å². The van der Waals surface area contributed by atoms with Crippen molar-refractivity contribution in [2.45, 2.75) is 20.8 Å². The molecule has 0 radical (unpaired) electrons. The van der Waals surface area contributed by atoms with Crippen LogP contribution in [0.5, 0.6) is 0 Å². The molecule has 0 fully saturated rings. The Labute approximate surface area is 69.8 Å². The molecule has 0 amide bonds. The molecule has 0 unspecified atom stereocenters. The third-order valence-electron chi connectivity index (χ3n) is 0.577. The van der Waals surface area contributed by atoms with Crippen LogP contribution in [0.4, 0.5) is 0 Å². The fourth-order valence-corrected chi connectivity index (χ4v) is 0. The van der Waals surface area contributed by atoms with Gasteiger partial charge >= 0.3 is 37.7 Å². The maximum absolute atomic E-state index is 4.97. The first kappa shape index (κ1) is 11.9. The van der Waals surface area contributed by atoms with E-state index in [0.29, 0.717) is 0 Å². The predicted octanol–water partition coefficient (Wildman–Crippen LogP) is 2.70. The summed E-state index contributed by atoms with van der Waals surface area (Å²) in [4.78, 5) is 0. The molecule has 0 nitrogen and oxygen atoms in total. The van der Waals surface area contributed by atoms with Gasteiger partial charge in [-0.05, 0) is 20.8 Å². The average molecular weight is 257 g/mol. The van der Waals surface area contributed by atoms with Crippen LogP contribution < -0.4 is 0 Å². The fourth-order valence-electron chi connectivity index (χ4n) is 0. The average Bonchev–Trinajstić information content (AvgIpc) is 1.69. The Hall–Kier alpha value is 1.19. The van der Waals surface area contributed by atoms with Gasteiger partial charge in [0.2, 0.25) is 0 Å². The van der Waals surface area contributed by atoms with E-state index in [9.17, 15) is 0 Å². The first-order valence-corrected chi connectivity index (χ1v) is 12.6. The molecule has 48 valence electrons. The zero-order valence-electron chi connectivity index (χ0n) is 5.54. The minimum absolute atomic E-state index is 1.07. The SMILES string of the molecule is CC=C(C)C.[Cl][InH][Cl]. The van der Waals surface area contributed by atoms with E-state index in [1.54, 1.807) is 0 Å². The van der Waals surface area contributed by atoms with Crippen molar-refractivity contribution < 1.29 is 0 Å². The van der Waals surface area contributed by atoms with Crippen LogP contribution in [-0.2, 0) is 0 Å². The van der Waals surface area contributed by atoms with Gasteiger partial charge in [0.15, 0.2) is 0 Å². The molecule has 0 spiro atoms. The maximum atomic E-state index is 4.97. The van der Waals surface area contributed by atoms with Gasteiger partial charge in [0, 0.05) is 0 Å². The summed E-state index contributed by atoms with van der Waals surface area (Å²) in [6.07, 6.45) is 2.08. The number of hydrogen-bond acceptors (Lipinski definition) is 0. The van der Waals surface area contributed by atoms with Gasteiger partial charge in [0.1, 0.15) is 0 Å². The molecule has 0 aromatic heterocycles. The summed E-state index contributed by atoms with van der Waals surface area (Å²) in [7, 11) is 9.95. The van der Waals surface area contributed by atoms with Crippen LogP contribution in [0.3, 0.4) is 0 Å². The van der Waals surface area contributed by atoms with Crippen LogP contribution in [0.15, 0.2) is 11.6 Å². The number of halogens is 2. The van der Waals surface area contributed by atoms with E-state index in [4.69, 9.17) is 17.2 Å². The van der Waals surface area contributed by atoms with E-state index >= 15 is 0 Å². The zero-order valence-corrected chi connectivity index (χ0v) is 11.1. The van der Waals surface area contributed by atoms with Crippen LogP contribution in [0.25, 0.3) is 0 Å². The summed E-state index contributed by atoms with van der Waals surface area (Å²) in [5.74, 6) is 0. The Balaban J connectivity index is 0. The Kier molecular flexibility index (Phi) is 16.5. The molecular formula is C5H11Cl2In. The van der Waals surface area contributed by atoms with Gasteiger partial charge in [-0.1, -0.05) is 11.6 Å². The summed E-state index contributed by atoms with van der Waals surface area (Å²) in [6.45, 7) is 6.20. The molecule has 0 heterocycles. The number of allylic oxidation sites excluding steroid dienone is 2. The Morgan fingerprint density at radius 1 is 1.38 bits per heavy atom. The molecule has 0 aliphatic carbocycles. The van der Waals surface area contributed by atoms with Crippen molar-refractivity contribution >= 4 is 37.7 Å². The van der Waals surface area contributed by atoms with Crippen LogP contribution in [0.1, 0.15) is 20.8 Å². The third-order valence-corrected chi connectivity index (χ3v) is 0.577. The first-order chi connectivity index (χ1) is 3.68. The van der Waals surface area contributed by atoms with E-state index in [1.165, 1.54) is 5.57 Å². The summed E-state index contributed by atoms with van der Waals surface area (Å²) in [6, 6.07) is 0. The van der Waals surface area contributed by atoms with Crippen molar-refractivity contribution in [3.63, 3.8) is 0 Å². The second kappa shape index (κ2) is 11.1. The normalized spacial score (nSPS) is 6.12. The minimum atomic E-state index is -1.07. The molecule has 0 aliphatic heterocycles. The number of hydrogen-bond donors (Lipinski definition) is 0. The molecule has 3 heteroatoms. The molecule has 0 rings (SSSR count). The molecule has 0 N–H and O–H groups in total. The van der Waals surface area contributed by atoms with E-state index in [-0.39, 0.29) is 0 Å². The summed E-state index contributed by atoms with van der Waals surface area (Å²) < 4.78 is 0. The Morgan fingerprint density at radius 2 is 1.50 bits per heavy atom. The predicted molar refractivity (Wildman–Crippen MR) is 44.0 cm³/mol. The summed E-state index contributed by atoms with van der Waals surface area (Å²) in [5, 5.41) is 0.